The Bertz CT molecular complexity index is 979. The molecule has 1 aromatic carbocycles. The standard InChI is InChI=1S/C21H29N5O2S/c1-14(2)10-11-25(21(29)23-12-15(3)4)17-18(22)26(20(28)24-19(17)27)13-16-8-6-5-7-9-16/h5-9,14H,3,10-13,22H2,1-2,4H3,(H,23,29)(H,24,27,28). The first-order valence-corrected chi connectivity index (χ1v) is 9.97. The van der Waals surface area contributed by atoms with Crippen molar-refractivity contribution >= 4 is 28.8 Å². The zero-order chi connectivity index (χ0) is 21.6. The van der Waals surface area contributed by atoms with E-state index in [-0.39, 0.29) is 18.1 Å². The lowest BCUT2D eigenvalue weighted by atomic mass is 10.1. The first-order chi connectivity index (χ1) is 13.7. The molecule has 1 aromatic heterocycles. The average Bonchev–Trinajstić information content (AvgIpc) is 2.66. The lowest BCUT2D eigenvalue weighted by Gasteiger charge is -2.28. The van der Waals surface area contributed by atoms with Gasteiger partial charge in [0.25, 0.3) is 5.56 Å². The van der Waals surface area contributed by atoms with Crippen molar-refractivity contribution in [3.63, 3.8) is 0 Å². The van der Waals surface area contributed by atoms with Crippen LogP contribution in [0.5, 0.6) is 0 Å². The van der Waals surface area contributed by atoms with Crippen LogP contribution in [0.1, 0.15) is 32.8 Å². The number of thiocarbonyl (C=S) groups is 1. The fourth-order valence-corrected chi connectivity index (χ4v) is 3.04. The van der Waals surface area contributed by atoms with Gasteiger partial charge in [0.1, 0.15) is 5.82 Å². The lowest BCUT2D eigenvalue weighted by Crippen LogP contribution is -2.46. The molecule has 0 fully saturated rings. The second-order valence-corrected chi connectivity index (χ2v) is 7.90. The number of rotatable bonds is 8. The molecule has 0 aliphatic heterocycles. The SMILES string of the molecule is C=C(C)CNC(=S)N(CCC(C)C)c1c(N)n(Cc2ccccc2)c(=O)[nH]c1=O. The van der Waals surface area contributed by atoms with Crippen LogP contribution in [0.3, 0.4) is 0 Å². The zero-order valence-electron chi connectivity index (χ0n) is 17.2. The molecule has 156 valence electrons. The average molecular weight is 416 g/mol. The minimum Gasteiger partial charge on any atom is -0.383 e. The van der Waals surface area contributed by atoms with E-state index >= 15 is 0 Å². The van der Waals surface area contributed by atoms with Gasteiger partial charge in [-0.05, 0) is 37.0 Å². The molecule has 0 aliphatic carbocycles. The molecule has 0 spiro atoms. The first-order valence-electron chi connectivity index (χ1n) is 9.57. The van der Waals surface area contributed by atoms with E-state index in [2.05, 4.69) is 30.7 Å². The van der Waals surface area contributed by atoms with E-state index in [1.807, 2.05) is 37.3 Å². The summed E-state index contributed by atoms with van der Waals surface area (Å²) in [6.07, 6.45) is 0.797. The molecule has 0 unspecified atom stereocenters. The third-order valence-electron chi connectivity index (χ3n) is 4.38. The second kappa shape index (κ2) is 10.1. The van der Waals surface area contributed by atoms with E-state index in [1.165, 1.54) is 4.57 Å². The summed E-state index contributed by atoms with van der Waals surface area (Å²) in [5.74, 6) is 0.489. The highest BCUT2D eigenvalue weighted by Gasteiger charge is 2.22. The molecule has 4 N–H and O–H groups in total. The highest BCUT2D eigenvalue weighted by Crippen LogP contribution is 2.19. The van der Waals surface area contributed by atoms with Gasteiger partial charge < -0.3 is 16.0 Å². The molecule has 0 saturated heterocycles. The van der Waals surface area contributed by atoms with Gasteiger partial charge in [-0.2, -0.15) is 0 Å². The van der Waals surface area contributed by atoms with Crippen LogP contribution in [0.2, 0.25) is 0 Å². The summed E-state index contributed by atoms with van der Waals surface area (Å²) >= 11 is 5.53. The molecule has 0 aliphatic rings. The summed E-state index contributed by atoms with van der Waals surface area (Å²) in [5, 5.41) is 3.48. The van der Waals surface area contributed by atoms with Gasteiger partial charge in [0.2, 0.25) is 0 Å². The number of hydrogen-bond acceptors (Lipinski definition) is 4. The van der Waals surface area contributed by atoms with Gasteiger partial charge in [0.15, 0.2) is 10.8 Å². The Morgan fingerprint density at radius 2 is 1.97 bits per heavy atom. The minimum absolute atomic E-state index is 0.0887. The van der Waals surface area contributed by atoms with Crippen molar-refractivity contribution in [1.82, 2.24) is 14.9 Å². The zero-order valence-corrected chi connectivity index (χ0v) is 18.0. The molecule has 0 saturated carbocycles. The highest BCUT2D eigenvalue weighted by molar-refractivity contribution is 7.80. The lowest BCUT2D eigenvalue weighted by molar-refractivity contribution is 0.591. The maximum Gasteiger partial charge on any atom is 0.330 e. The molecule has 29 heavy (non-hydrogen) atoms. The van der Waals surface area contributed by atoms with Gasteiger partial charge in [-0.25, -0.2) is 4.79 Å². The van der Waals surface area contributed by atoms with Gasteiger partial charge in [-0.15, -0.1) is 0 Å². The minimum atomic E-state index is -0.556. The van der Waals surface area contributed by atoms with Crippen LogP contribution in [0.15, 0.2) is 52.1 Å². The molecule has 8 heteroatoms. The number of hydrogen-bond donors (Lipinski definition) is 3. The maximum atomic E-state index is 12.7. The van der Waals surface area contributed by atoms with E-state index in [0.29, 0.717) is 24.1 Å². The number of nitrogens with one attached hydrogen (secondary N) is 2. The van der Waals surface area contributed by atoms with Gasteiger partial charge in [0.05, 0.1) is 6.54 Å². The van der Waals surface area contributed by atoms with Gasteiger partial charge in [-0.3, -0.25) is 14.3 Å². The Morgan fingerprint density at radius 1 is 1.31 bits per heavy atom. The van der Waals surface area contributed by atoms with E-state index in [4.69, 9.17) is 18.0 Å². The molecule has 2 rings (SSSR count). The number of nitrogens with two attached hydrogens (primary N) is 1. The first kappa shape index (κ1) is 22.4. The van der Waals surface area contributed by atoms with Crippen LogP contribution in [0.4, 0.5) is 11.5 Å². The van der Waals surface area contributed by atoms with Crippen LogP contribution < -0.4 is 27.2 Å². The van der Waals surface area contributed by atoms with Crippen LogP contribution in [-0.2, 0) is 6.54 Å². The molecule has 7 nitrogen and oxygen atoms in total. The Labute approximate surface area is 176 Å². The predicted molar refractivity (Wildman–Crippen MR) is 123 cm³/mol. The Kier molecular flexibility index (Phi) is 7.78. The summed E-state index contributed by atoms with van der Waals surface area (Å²) in [6.45, 7) is 11.2. The van der Waals surface area contributed by atoms with E-state index in [0.717, 1.165) is 17.6 Å². The molecule has 2 aromatic rings. The summed E-state index contributed by atoms with van der Waals surface area (Å²) in [7, 11) is 0. The molecular weight excluding hydrogens is 386 g/mol. The van der Waals surface area contributed by atoms with Crippen molar-refractivity contribution < 1.29 is 0 Å². The monoisotopic (exact) mass is 415 g/mol. The van der Waals surface area contributed by atoms with Crippen molar-refractivity contribution in [3.8, 4) is 0 Å². The maximum absolute atomic E-state index is 12.7. The summed E-state index contributed by atoms with van der Waals surface area (Å²) in [4.78, 5) is 29.2. The van der Waals surface area contributed by atoms with Crippen LogP contribution in [0, 0.1) is 5.92 Å². The normalized spacial score (nSPS) is 10.8. The molecule has 0 amide bonds. The largest absolute Gasteiger partial charge is 0.383 e. The molecule has 1 heterocycles. The van der Waals surface area contributed by atoms with Crippen LogP contribution >= 0.6 is 12.2 Å². The third-order valence-corrected chi connectivity index (χ3v) is 4.75. The van der Waals surface area contributed by atoms with Crippen molar-refractivity contribution in [2.45, 2.75) is 33.7 Å². The second-order valence-electron chi connectivity index (χ2n) is 7.51. The van der Waals surface area contributed by atoms with Crippen molar-refractivity contribution in [1.29, 1.82) is 0 Å². The topological polar surface area (TPSA) is 96.2 Å². The van der Waals surface area contributed by atoms with Gasteiger partial charge in [0, 0.05) is 13.1 Å². The van der Waals surface area contributed by atoms with Crippen molar-refractivity contribution in [3.05, 3.63) is 68.9 Å². The van der Waals surface area contributed by atoms with Gasteiger partial charge in [-0.1, -0.05) is 56.3 Å². The number of nitrogens with zero attached hydrogens (tertiary/aromatic N) is 2. The predicted octanol–water partition coefficient (Wildman–Crippen LogP) is 2.47. The van der Waals surface area contributed by atoms with Crippen molar-refractivity contribution in [2.24, 2.45) is 5.92 Å². The fourth-order valence-electron chi connectivity index (χ4n) is 2.79. The third kappa shape index (κ3) is 6.05. The smallest absolute Gasteiger partial charge is 0.330 e. The van der Waals surface area contributed by atoms with E-state index < -0.39 is 11.2 Å². The molecule has 0 atom stereocenters. The molecule has 0 bridgehead atoms. The van der Waals surface area contributed by atoms with E-state index in [1.54, 1.807) is 4.90 Å². The summed E-state index contributed by atoms with van der Waals surface area (Å²) in [5.41, 5.74) is 7.21. The number of nitrogen functional groups attached to an aromatic ring is 1. The Morgan fingerprint density at radius 3 is 2.55 bits per heavy atom. The highest BCUT2D eigenvalue weighted by atomic mass is 32.1. The van der Waals surface area contributed by atoms with E-state index in [9.17, 15) is 9.59 Å². The van der Waals surface area contributed by atoms with Gasteiger partial charge >= 0.3 is 5.69 Å². The Hall–Kier alpha value is -2.87. The molecule has 0 radical (unpaired) electrons. The summed E-state index contributed by atoms with van der Waals surface area (Å²) in [6, 6.07) is 9.45. The Balaban J connectivity index is 2.49. The number of aromatic nitrogens is 2. The number of benzene rings is 1. The molecular formula is C21H29N5O2S. The van der Waals surface area contributed by atoms with Crippen molar-refractivity contribution in [2.75, 3.05) is 23.7 Å². The number of anilines is 2. The van der Waals surface area contributed by atoms with Crippen LogP contribution in [0.25, 0.3) is 0 Å². The quantitative estimate of drug-likeness (QED) is 0.453. The van der Waals surface area contributed by atoms with Crippen LogP contribution in [-0.4, -0.2) is 27.8 Å². The number of H-pyrrole nitrogens is 1. The number of aromatic amines is 1. The summed E-state index contributed by atoms with van der Waals surface area (Å²) < 4.78 is 1.36. The fraction of sp³-hybridized carbons (Fsp3) is 0.381.